The van der Waals surface area contributed by atoms with Crippen LogP contribution in [-0.2, 0) is 30.7 Å². The highest BCUT2D eigenvalue weighted by molar-refractivity contribution is 5.99. The van der Waals surface area contributed by atoms with E-state index in [9.17, 15) is 13.6 Å². The molecule has 0 aliphatic heterocycles. The van der Waals surface area contributed by atoms with Gasteiger partial charge in [-0.15, -0.1) is 0 Å². The van der Waals surface area contributed by atoms with Crippen molar-refractivity contribution in [3.8, 4) is 0 Å². The average molecular weight is 563 g/mol. The largest absolute Gasteiger partial charge is 0.347 e. The van der Waals surface area contributed by atoms with Crippen LogP contribution in [0.1, 0.15) is 34.1 Å². The van der Waals surface area contributed by atoms with Gasteiger partial charge in [-0.2, -0.15) is 0 Å². The summed E-state index contributed by atoms with van der Waals surface area (Å²) < 4.78 is 33.8. The first kappa shape index (κ1) is 27.5. The van der Waals surface area contributed by atoms with Crippen LogP contribution in [0.5, 0.6) is 0 Å². The Kier molecular flexibility index (Phi) is 8.17. The van der Waals surface area contributed by atoms with E-state index in [1.54, 1.807) is 24.8 Å². The Labute approximate surface area is 243 Å². The molecule has 2 atom stereocenters. The molecular weight excluding hydrogens is 530 g/mol. The molecule has 6 rings (SSSR count). The molecule has 0 N–H and O–H groups in total. The molecule has 0 bridgehead atoms. The number of hydrogen-bond acceptors (Lipinski definition) is 3. The van der Waals surface area contributed by atoms with Gasteiger partial charge in [0.05, 0.1) is 11.8 Å². The Bertz CT molecular complexity index is 1660. The van der Waals surface area contributed by atoms with E-state index in [4.69, 9.17) is 0 Å². The third kappa shape index (κ3) is 5.47. The number of nitrogens with zero attached hydrogens (tertiary/aromatic N) is 4. The zero-order valence-corrected chi connectivity index (χ0v) is 23.2. The molecule has 2 unspecified atom stereocenters. The second-order valence-corrected chi connectivity index (χ2v) is 10.6. The van der Waals surface area contributed by atoms with Crippen molar-refractivity contribution in [2.75, 3.05) is 13.3 Å². The lowest BCUT2D eigenvalue weighted by Gasteiger charge is -2.18. The van der Waals surface area contributed by atoms with E-state index in [0.717, 1.165) is 45.8 Å². The van der Waals surface area contributed by atoms with Crippen LogP contribution >= 0.6 is 0 Å². The molecule has 4 aromatic heterocycles. The van der Waals surface area contributed by atoms with E-state index in [0.29, 0.717) is 24.2 Å². The molecule has 0 aliphatic carbocycles. The number of ketones is 1. The lowest BCUT2D eigenvalue weighted by Crippen LogP contribution is -2.23. The highest BCUT2D eigenvalue weighted by atomic mass is 19.1. The quantitative estimate of drug-likeness (QED) is 0.158. The van der Waals surface area contributed by atoms with Crippen molar-refractivity contribution in [1.82, 2.24) is 19.1 Å². The van der Waals surface area contributed by atoms with Crippen molar-refractivity contribution >= 4 is 27.6 Å². The van der Waals surface area contributed by atoms with Crippen molar-refractivity contribution in [2.45, 2.75) is 37.8 Å². The lowest BCUT2D eigenvalue weighted by molar-refractivity contribution is -0.122. The fourth-order valence-electron chi connectivity index (χ4n) is 5.94. The van der Waals surface area contributed by atoms with Crippen LogP contribution in [0.15, 0.2) is 110 Å². The summed E-state index contributed by atoms with van der Waals surface area (Å²) in [6.07, 6.45) is 12.3. The van der Waals surface area contributed by atoms with Gasteiger partial charge in [0.15, 0.2) is 5.78 Å². The van der Waals surface area contributed by atoms with Crippen LogP contribution in [0.3, 0.4) is 0 Å². The molecular formula is C35H32F2N4O. The molecule has 0 saturated heterocycles. The number of carbonyl (C=O) groups is 1. The molecule has 0 fully saturated rings. The number of Topliss-reactive ketones (excluding diaryl/α,β-unsaturated/α-hetero) is 1. The van der Waals surface area contributed by atoms with Gasteiger partial charge in [0.1, 0.15) is 13.3 Å². The number of para-hydroxylation sites is 2. The van der Waals surface area contributed by atoms with Crippen molar-refractivity contribution < 1.29 is 13.6 Å². The number of rotatable bonds is 12. The molecule has 5 nitrogen and oxygen atoms in total. The SMILES string of the molecule is O=C(C(CF)c1cn(CCc2ccncc2)c2ccccc12)C(CF)c1cn(CCc2ccncc2)c2ccccc12. The van der Waals surface area contributed by atoms with Gasteiger partial charge in [0.25, 0.3) is 0 Å². The molecule has 2 aromatic carbocycles. The summed E-state index contributed by atoms with van der Waals surface area (Å²) in [5, 5.41) is 1.64. The molecule has 6 aromatic rings. The molecule has 0 amide bonds. The van der Waals surface area contributed by atoms with Gasteiger partial charge in [0, 0.05) is 72.1 Å². The number of benzene rings is 2. The van der Waals surface area contributed by atoms with Crippen LogP contribution in [0, 0.1) is 0 Å². The minimum Gasteiger partial charge on any atom is -0.347 e. The van der Waals surface area contributed by atoms with Gasteiger partial charge in [-0.1, -0.05) is 36.4 Å². The molecule has 42 heavy (non-hydrogen) atoms. The summed E-state index contributed by atoms with van der Waals surface area (Å²) in [5.74, 6) is -2.58. The molecule has 0 aliphatic rings. The van der Waals surface area contributed by atoms with Gasteiger partial charge in [-0.3, -0.25) is 14.8 Å². The van der Waals surface area contributed by atoms with Crippen molar-refractivity contribution in [3.05, 3.63) is 132 Å². The van der Waals surface area contributed by atoms with Gasteiger partial charge >= 0.3 is 0 Å². The van der Waals surface area contributed by atoms with Crippen LogP contribution in [-0.4, -0.2) is 38.2 Å². The summed E-state index contributed by atoms with van der Waals surface area (Å²) in [4.78, 5) is 22.2. The number of aromatic nitrogens is 4. The molecule has 0 spiro atoms. The van der Waals surface area contributed by atoms with Crippen LogP contribution in [0.2, 0.25) is 0 Å². The lowest BCUT2D eigenvalue weighted by atomic mass is 9.84. The molecule has 212 valence electrons. The standard InChI is InChI=1S/C35H32F2N4O/c36-21-29(31-23-40(33-7-3-1-5-27(31)33)19-13-25-9-15-38-16-10-25)35(42)30(22-37)32-24-41(34-8-4-2-6-28(32)34)20-14-26-11-17-39-18-12-26/h1-12,15-18,23-24,29-30H,13-14,19-22H2. The molecule has 0 saturated carbocycles. The molecule has 0 radical (unpaired) electrons. The minimum absolute atomic E-state index is 0.436. The number of carbonyl (C=O) groups excluding carboxylic acids is 1. The fraction of sp³-hybridized carbons (Fsp3) is 0.229. The van der Waals surface area contributed by atoms with Crippen molar-refractivity contribution in [1.29, 1.82) is 0 Å². The average Bonchev–Trinajstić information content (AvgIpc) is 3.59. The maximum Gasteiger partial charge on any atom is 0.153 e. The Balaban J connectivity index is 1.32. The highest BCUT2D eigenvalue weighted by Gasteiger charge is 2.33. The normalized spacial score (nSPS) is 13.0. The van der Waals surface area contributed by atoms with Gasteiger partial charge in [-0.25, -0.2) is 8.78 Å². The summed E-state index contributed by atoms with van der Waals surface area (Å²) in [5.41, 5.74) is 5.34. The zero-order chi connectivity index (χ0) is 28.9. The number of halogens is 2. The van der Waals surface area contributed by atoms with E-state index in [1.807, 2.05) is 85.2 Å². The van der Waals surface area contributed by atoms with E-state index in [-0.39, 0.29) is 0 Å². The second kappa shape index (κ2) is 12.5. The van der Waals surface area contributed by atoms with Gasteiger partial charge in [-0.05, 0) is 71.5 Å². The summed E-state index contributed by atoms with van der Waals surface area (Å²) in [7, 11) is 0. The Morgan fingerprint density at radius 1 is 0.619 bits per heavy atom. The highest BCUT2D eigenvalue weighted by Crippen LogP contribution is 2.36. The first-order valence-corrected chi connectivity index (χ1v) is 14.3. The van der Waals surface area contributed by atoms with E-state index in [1.165, 1.54) is 0 Å². The third-order valence-electron chi connectivity index (χ3n) is 8.17. The summed E-state index contributed by atoms with van der Waals surface area (Å²) in [6.45, 7) is -0.465. The van der Waals surface area contributed by atoms with Gasteiger partial charge in [0.2, 0.25) is 0 Å². The van der Waals surface area contributed by atoms with E-state index < -0.39 is 31.0 Å². The fourth-order valence-corrected chi connectivity index (χ4v) is 5.94. The Morgan fingerprint density at radius 2 is 1.02 bits per heavy atom. The van der Waals surface area contributed by atoms with Gasteiger partial charge < -0.3 is 9.13 Å². The number of hydrogen-bond donors (Lipinski definition) is 0. The predicted octanol–water partition coefficient (Wildman–Crippen LogP) is 7.25. The predicted molar refractivity (Wildman–Crippen MR) is 162 cm³/mol. The topological polar surface area (TPSA) is 52.7 Å². The van der Waals surface area contributed by atoms with Crippen LogP contribution in [0.25, 0.3) is 21.8 Å². The number of fused-ring (bicyclic) bond motifs is 2. The number of aryl methyl sites for hydroxylation is 4. The minimum atomic E-state index is -1.07. The zero-order valence-electron chi connectivity index (χ0n) is 23.2. The van der Waals surface area contributed by atoms with Crippen molar-refractivity contribution in [2.24, 2.45) is 0 Å². The maximum absolute atomic E-state index is 14.9. The maximum atomic E-state index is 14.9. The molecule has 4 heterocycles. The van der Waals surface area contributed by atoms with E-state index in [2.05, 4.69) is 19.1 Å². The van der Waals surface area contributed by atoms with Crippen LogP contribution < -0.4 is 0 Å². The molecule has 7 heteroatoms. The Hall–Kier alpha value is -4.65. The third-order valence-corrected chi connectivity index (χ3v) is 8.17. The Morgan fingerprint density at radius 3 is 1.43 bits per heavy atom. The first-order chi connectivity index (χ1) is 20.7. The number of pyridine rings is 2. The summed E-state index contributed by atoms with van der Waals surface area (Å²) in [6, 6.07) is 23.3. The first-order valence-electron chi connectivity index (χ1n) is 14.3. The number of alkyl halides is 2. The summed E-state index contributed by atoms with van der Waals surface area (Å²) >= 11 is 0. The monoisotopic (exact) mass is 562 g/mol. The van der Waals surface area contributed by atoms with Crippen molar-refractivity contribution in [3.63, 3.8) is 0 Å². The second-order valence-electron chi connectivity index (χ2n) is 10.6. The van der Waals surface area contributed by atoms with Crippen LogP contribution in [0.4, 0.5) is 8.78 Å². The van der Waals surface area contributed by atoms with E-state index >= 15 is 0 Å². The smallest absolute Gasteiger partial charge is 0.153 e.